The van der Waals surface area contributed by atoms with Crippen molar-refractivity contribution in [2.24, 2.45) is 0 Å². The fourth-order valence-electron chi connectivity index (χ4n) is 1.73. The average molecular weight is 295 g/mol. The summed E-state index contributed by atoms with van der Waals surface area (Å²) in [5.74, 6) is -0.0417. The van der Waals surface area contributed by atoms with Crippen molar-refractivity contribution >= 4 is 34.5 Å². The van der Waals surface area contributed by atoms with Crippen LogP contribution < -0.4 is 5.73 Å². The van der Waals surface area contributed by atoms with Gasteiger partial charge in [-0.25, -0.2) is 0 Å². The summed E-state index contributed by atoms with van der Waals surface area (Å²) in [6.07, 6.45) is 0.864. The molecule has 0 saturated heterocycles. The summed E-state index contributed by atoms with van der Waals surface area (Å²) < 4.78 is 0. The van der Waals surface area contributed by atoms with Crippen molar-refractivity contribution < 1.29 is 4.79 Å². The SMILES string of the molecule is CN(CCc1cccs1)C(=O)c1ccc(Cl)c(N)c1. The predicted octanol–water partition coefficient (Wildman–Crippen LogP) is 3.30. The van der Waals surface area contributed by atoms with Crippen molar-refractivity contribution in [1.29, 1.82) is 0 Å². The van der Waals surface area contributed by atoms with Crippen LogP contribution in [0.2, 0.25) is 5.02 Å². The predicted molar refractivity (Wildman–Crippen MR) is 80.8 cm³/mol. The van der Waals surface area contributed by atoms with E-state index in [0.29, 0.717) is 22.8 Å². The molecule has 0 spiro atoms. The molecular weight excluding hydrogens is 280 g/mol. The summed E-state index contributed by atoms with van der Waals surface area (Å²) in [6, 6.07) is 9.05. The highest BCUT2D eigenvalue weighted by Gasteiger charge is 2.12. The van der Waals surface area contributed by atoms with E-state index in [1.165, 1.54) is 4.88 Å². The van der Waals surface area contributed by atoms with E-state index in [-0.39, 0.29) is 5.91 Å². The van der Waals surface area contributed by atoms with Gasteiger partial charge in [-0.2, -0.15) is 0 Å². The number of carbonyl (C=O) groups excluding carboxylic acids is 1. The second kappa shape index (κ2) is 6.08. The molecule has 1 aromatic heterocycles. The standard InChI is InChI=1S/C14H15ClN2OS/c1-17(7-6-11-3-2-8-19-11)14(18)10-4-5-12(15)13(16)9-10/h2-5,8-9H,6-7,16H2,1H3. The Morgan fingerprint density at radius 1 is 1.42 bits per heavy atom. The molecule has 1 heterocycles. The number of carbonyl (C=O) groups is 1. The second-order valence-electron chi connectivity index (χ2n) is 4.29. The summed E-state index contributed by atoms with van der Waals surface area (Å²) in [4.78, 5) is 15.2. The number of hydrogen-bond donors (Lipinski definition) is 1. The number of hydrogen-bond acceptors (Lipinski definition) is 3. The van der Waals surface area contributed by atoms with Gasteiger partial charge in [-0.3, -0.25) is 4.79 Å². The molecule has 1 amide bonds. The van der Waals surface area contributed by atoms with Gasteiger partial charge in [0.25, 0.3) is 5.91 Å². The smallest absolute Gasteiger partial charge is 0.253 e. The van der Waals surface area contributed by atoms with E-state index >= 15 is 0 Å². The largest absolute Gasteiger partial charge is 0.398 e. The molecule has 0 bridgehead atoms. The summed E-state index contributed by atoms with van der Waals surface area (Å²) in [5, 5.41) is 2.51. The number of anilines is 1. The lowest BCUT2D eigenvalue weighted by atomic mass is 10.1. The number of nitrogens with zero attached hydrogens (tertiary/aromatic N) is 1. The molecule has 2 N–H and O–H groups in total. The number of nitrogens with two attached hydrogens (primary N) is 1. The van der Waals surface area contributed by atoms with Crippen LogP contribution in [0.4, 0.5) is 5.69 Å². The van der Waals surface area contributed by atoms with Crippen LogP contribution >= 0.6 is 22.9 Å². The zero-order chi connectivity index (χ0) is 13.8. The van der Waals surface area contributed by atoms with Gasteiger partial charge in [-0.1, -0.05) is 17.7 Å². The minimum atomic E-state index is -0.0417. The minimum absolute atomic E-state index is 0.0417. The van der Waals surface area contributed by atoms with Gasteiger partial charge in [-0.05, 0) is 36.1 Å². The lowest BCUT2D eigenvalue weighted by molar-refractivity contribution is 0.0797. The van der Waals surface area contributed by atoms with Crippen LogP contribution in [0.25, 0.3) is 0 Å². The van der Waals surface area contributed by atoms with Crippen molar-refractivity contribution in [1.82, 2.24) is 4.90 Å². The van der Waals surface area contributed by atoms with Crippen LogP contribution in [-0.4, -0.2) is 24.4 Å². The number of likely N-dealkylation sites (N-methyl/N-ethyl adjacent to an activating group) is 1. The number of benzene rings is 1. The van der Waals surface area contributed by atoms with Gasteiger partial charge in [0.05, 0.1) is 10.7 Å². The Balaban J connectivity index is 2.00. The molecule has 100 valence electrons. The monoisotopic (exact) mass is 294 g/mol. The zero-order valence-electron chi connectivity index (χ0n) is 10.6. The van der Waals surface area contributed by atoms with Crippen molar-refractivity contribution in [3.05, 3.63) is 51.2 Å². The maximum atomic E-state index is 12.2. The van der Waals surface area contributed by atoms with E-state index in [0.717, 1.165) is 6.42 Å². The van der Waals surface area contributed by atoms with Gasteiger partial charge in [0.2, 0.25) is 0 Å². The molecular formula is C14H15ClN2OS. The molecule has 2 rings (SSSR count). The molecule has 0 saturated carbocycles. The normalized spacial score (nSPS) is 10.4. The van der Waals surface area contributed by atoms with Gasteiger partial charge in [-0.15, -0.1) is 11.3 Å². The summed E-state index contributed by atoms with van der Waals surface area (Å²) in [5.41, 5.74) is 6.70. The quantitative estimate of drug-likeness (QED) is 0.880. The number of halogens is 1. The van der Waals surface area contributed by atoms with Crippen LogP contribution in [-0.2, 0) is 6.42 Å². The maximum absolute atomic E-state index is 12.2. The molecule has 0 aliphatic heterocycles. The highest BCUT2D eigenvalue weighted by molar-refractivity contribution is 7.09. The third-order valence-corrected chi connectivity index (χ3v) is 4.14. The topological polar surface area (TPSA) is 46.3 Å². The first-order valence-electron chi connectivity index (χ1n) is 5.91. The molecule has 0 aliphatic rings. The third-order valence-electron chi connectivity index (χ3n) is 2.86. The minimum Gasteiger partial charge on any atom is -0.398 e. The van der Waals surface area contributed by atoms with Gasteiger partial charge in [0.1, 0.15) is 0 Å². The van der Waals surface area contributed by atoms with Crippen LogP contribution in [0.3, 0.4) is 0 Å². The van der Waals surface area contributed by atoms with Crippen molar-refractivity contribution in [3.8, 4) is 0 Å². The molecule has 0 unspecified atom stereocenters. The van der Waals surface area contributed by atoms with E-state index in [9.17, 15) is 4.79 Å². The highest BCUT2D eigenvalue weighted by atomic mass is 35.5. The van der Waals surface area contributed by atoms with Gasteiger partial charge >= 0.3 is 0 Å². The molecule has 0 atom stereocenters. The zero-order valence-corrected chi connectivity index (χ0v) is 12.2. The van der Waals surface area contributed by atoms with Crippen LogP contribution in [0.1, 0.15) is 15.2 Å². The number of rotatable bonds is 4. The number of nitrogen functional groups attached to an aromatic ring is 1. The van der Waals surface area contributed by atoms with Crippen molar-refractivity contribution in [2.45, 2.75) is 6.42 Å². The first kappa shape index (κ1) is 13.9. The summed E-state index contributed by atoms with van der Waals surface area (Å²) in [6.45, 7) is 0.682. The molecule has 1 aromatic carbocycles. The Morgan fingerprint density at radius 3 is 2.84 bits per heavy atom. The third kappa shape index (κ3) is 3.49. The van der Waals surface area contributed by atoms with Crippen LogP contribution in [0.15, 0.2) is 35.7 Å². The highest BCUT2D eigenvalue weighted by Crippen LogP contribution is 2.20. The molecule has 3 nitrogen and oxygen atoms in total. The Labute approximate surface area is 121 Å². The fraction of sp³-hybridized carbons (Fsp3) is 0.214. The Hall–Kier alpha value is -1.52. The van der Waals surface area contributed by atoms with E-state index in [1.54, 1.807) is 41.5 Å². The van der Waals surface area contributed by atoms with Gasteiger partial charge in [0.15, 0.2) is 0 Å². The Kier molecular flexibility index (Phi) is 4.45. The first-order chi connectivity index (χ1) is 9.08. The van der Waals surface area contributed by atoms with E-state index in [1.807, 2.05) is 11.4 Å². The average Bonchev–Trinajstić information content (AvgIpc) is 2.91. The second-order valence-corrected chi connectivity index (χ2v) is 5.73. The van der Waals surface area contributed by atoms with Crippen molar-refractivity contribution in [2.75, 3.05) is 19.3 Å². The van der Waals surface area contributed by atoms with Crippen LogP contribution in [0.5, 0.6) is 0 Å². The fourth-order valence-corrected chi connectivity index (χ4v) is 2.55. The van der Waals surface area contributed by atoms with Gasteiger partial charge < -0.3 is 10.6 Å². The van der Waals surface area contributed by atoms with E-state index in [2.05, 4.69) is 6.07 Å². The number of thiophene rings is 1. The van der Waals surface area contributed by atoms with Crippen LogP contribution in [0, 0.1) is 0 Å². The first-order valence-corrected chi connectivity index (χ1v) is 7.16. The van der Waals surface area contributed by atoms with Gasteiger partial charge in [0, 0.05) is 24.0 Å². The molecule has 0 fully saturated rings. The van der Waals surface area contributed by atoms with Crippen molar-refractivity contribution in [3.63, 3.8) is 0 Å². The summed E-state index contributed by atoms with van der Waals surface area (Å²) >= 11 is 7.55. The molecule has 19 heavy (non-hydrogen) atoms. The number of amides is 1. The Morgan fingerprint density at radius 2 is 2.21 bits per heavy atom. The molecule has 0 radical (unpaired) electrons. The molecule has 0 aliphatic carbocycles. The van der Waals surface area contributed by atoms with E-state index < -0.39 is 0 Å². The Bertz CT molecular complexity index is 569. The summed E-state index contributed by atoms with van der Waals surface area (Å²) in [7, 11) is 1.79. The maximum Gasteiger partial charge on any atom is 0.253 e. The van der Waals surface area contributed by atoms with E-state index in [4.69, 9.17) is 17.3 Å². The lowest BCUT2D eigenvalue weighted by Gasteiger charge is -2.17. The lowest BCUT2D eigenvalue weighted by Crippen LogP contribution is -2.28. The molecule has 5 heteroatoms. The molecule has 2 aromatic rings.